The summed E-state index contributed by atoms with van der Waals surface area (Å²) in [4.78, 5) is 56.7. The Labute approximate surface area is 348 Å². The Morgan fingerprint density at radius 2 is 1.09 bits per heavy atom. The highest BCUT2D eigenvalue weighted by Gasteiger charge is 2.50. The zero-order valence-corrected chi connectivity index (χ0v) is 37.4. The first kappa shape index (κ1) is 45.8. The van der Waals surface area contributed by atoms with E-state index in [1.165, 1.54) is 38.5 Å². The summed E-state index contributed by atoms with van der Waals surface area (Å²) in [5, 5.41) is 10.5. The van der Waals surface area contributed by atoms with E-state index in [1.807, 2.05) is 0 Å². The summed E-state index contributed by atoms with van der Waals surface area (Å²) < 4.78 is 10.3. The highest BCUT2D eigenvalue weighted by molar-refractivity contribution is 5.81. The predicted molar refractivity (Wildman–Crippen MR) is 228 cm³/mol. The predicted octanol–water partition coefficient (Wildman–Crippen LogP) is 7.18. The van der Waals surface area contributed by atoms with Crippen molar-refractivity contribution >= 4 is 29.9 Å². The number of anilines is 3. The number of alkyl carbamates (subject to hydrolysis) is 1. The molecule has 0 aromatic carbocycles. The molecular formula is C43H75N9O6. The van der Waals surface area contributed by atoms with Crippen LogP contribution in [0.15, 0.2) is 12.7 Å². The highest BCUT2D eigenvalue weighted by Crippen LogP contribution is 2.44. The number of ether oxygens (including phenoxy) is 2. The number of nitrogens with zero attached hydrogens (tertiary/aromatic N) is 7. The third kappa shape index (κ3) is 11.9. The zero-order chi connectivity index (χ0) is 42.3. The molecule has 2 aliphatic carbocycles. The SMILES string of the molecule is C=CC(=O)OCCNC(=O)OCCNc1nc(N(C)C2CC(C)(C)N(OC3CCCCC3)C(C)(C)C2)nc(N(C)C2CC(C)(C)N(OC3CCCCC3)C(C)(C)C2)n1. The number of carbonyl (C=O) groups excluding carboxylic acids is 2. The Morgan fingerprint density at radius 1 is 0.672 bits per heavy atom. The smallest absolute Gasteiger partial charge is 0.407 e. The summed E-state index contributed by atoms with van der Waals surface area (Å²) in [6.45, 7) is 22.2. The van der Waals surface area contributed by atoms with Crippen molar-refractivity contribution in [2.75, 3.05) is 55.5 Å². The van der Waals surface area contributed by atoms with Crippen molar-refractivity contribution in [1.82, 2.24) is 30.4 Å². The first-order valence-corrected chi connectivity index (χ1v) is 21.9. The van der Waals surface area contributed by atoms with Gasteiger partial charge in [-0.25, -0.2) is 9.59 Å². The molecule has 328 valence electrons. The fraction of sp³-hybridized carbons (Fsp3) is 0.837. The van der Waals surface area contributed by atoms with Gasteiger partial charge in [0.1, 0.15) is 13.2 Å². The van der Waals surface area contributed by atoms with Gasteiger partial charge in [0.25, 0.3) is 0 Å². The van der Waals surface area contributed by atoms with Crippen LogP contribution in [0.3, 0.4) is 0 Å². The fourth-order valence-corrected chi connectivity index (χ4v) is 9.98. The highest BCUT2D eigenvalue weighted by atomic mass is 16.7. The lowest BCUT2D eigenvalue weighted by atomic mass is 9.78. The summed E-state index contributed by atoms with van der Waals surface area (Å²) in [5.41, 5.74) is -0.881. The van der Waals surface area contributed by atoms with Gasteiger partial charge in [-0.2, -0.15) is 25.1 Å². The van der Waals surface area contributed by atoms with Crippen LogP contribution in [0, 0.1) is 0 Å². The van der Waals surface area contributed by atoms with Gasteiger partial charge >= 0.3 is 12.1 Å². The van der Waals surface area contributed by atoms with Crippen molar-refractivity contribution < 1.29 is 28.7 Å². The maximum absolute atomic E-state index is 12.3. The summed E-state index contributed by atoms with van der Waals surface area (Å²) in [5.74, 6) is 1.03. The number of aromatic nitrogens is 3. The lowest BCUT2D eigenvalue weighted by molar-refractivity contribution is -0.310. The van der Waals surface area contributed by atoms with Crippen molar-refractivity contribution in [2.24, 2.45) is 0 Å². The maximum Gasteiger partial charge on any atom is 0.407 e. The molecule has 0 spiro atoms. The minimum absolute atomic E-state index is 0.0253. The van der Waals surface area contributed by atoms with Crippen LogP contribution in [0.2, 0.25) is 0 Å². The minimum atomic E-state index is -0.610. The number of nitrogens with one attached hydrogen (secondary N) is 2. The first-order chi connectivity index (χ1) is 27.3. The molecule has 58 heavy (non-hydrogen) atoms. The van der Waals surface area contributed by atoms with Gasteiger partial charge in [-0.3, -0.25) is 9.68 Å². The van der Waals surface area contributed by atoms with E-state index < -0.39 is 12.1 Å². The van der Waals surface area contributed by atoms with E-state index in [1.54, 1.807) is 0 Å². The van der Waals surface area contributed by atoms with Crippen molar-refractivity contribution in [1.29, 1.82) is 0 Å². The summed E-state index contributed by atoms with van der Waals surface area (Å²) in [6, 6.07) is 0.279. The van der Waals surface area contributed by atoms with Crippen LogP contribution in [0.5, 0.6) is 0 Å². The monoisotopic (exact) mass is 814 g/mol. The van der Waals surface area contributed by atoms with E-state index in [4.69, 9.17) is 34.1 Å². The number of amides is 1. The molecular weight excluding hydrogens is 739 g/mol. The van der Waals surface area contributed by atoms with Gasteiger partial charge in [0.05, 0.1) is 25.3 Å². The molecule has 5 rings (SSSR count). The van der Waals surface area contributed by atoms with E-state index >= 15 is 0 Å². The molecule has 15 heteroatoms. The van der Waals surface area contributed by atoms with Gasteiger partial charge in [-0.05, 0) is 107 Å². The molecule has 4 fully saturated rings. The summed E-state index contributed by atoms with van der Waals surface area (Å²) >= 11 is 0. The molecule has 3 heterocycles. The number of hydrogen-bond acceptors (Lipinski definition) is 14. The Hall–Kier alpha value is -3.27. The van der Waals surface area contributed by atoms with Gasteiger partial charge in [0.2, 0.25) is 17.8 Å². The number of carbonyl (C=O) groups is 2. The third-order valence-electron chi connectivity index (χ3n) is 12.5. The van der Waals surface area contributed by atoms with Gasteiger partial charge in [-0.15, -0.1) is 0 Å². The van der Waals surface area contributed by atoms with E-state index in [0.29, 0.717) is 17.8 Å². The molecule has 1 aromatic heterocycles. The van der Waals surface area contributed by atoms with E-state index in [0.717, 1.165) is 57.4 Å². The second-order valence-electron chi connectivity index (χ2n) is 19.5. The van der Waals surface area contributed by atoms with Crippen LogP contribution >= 0.6 is 0 Å². The van der Waals surface area contributed by atoms with E-state index in [-0.39, 0.29) is 72.8 Å². The maximum atomic E-state index is 12.3. The number of esters is 1. The standard InChI is InChI=1S/C43H75N9O6/c1-12-35(53)55-25-24-45-39(54)56-26-23-44-36-46-37(49(10)31-27-40(2,3)51(41(4,5)28-31)57-33-19-15-13-16-20-33)48-38(47-36)50(11)32-29-42(6,7)52(43(8,9)30-32)58-34-21-17-14-18-22-34/h12,31-34H,1,13-30H2,2-11H3,(H,45,54)(H,44,46,47,48). The molecule has 2 saturated carbocycles. The van der Waals surface area contributed by atoms with Crippen LogP contribution in [-0.2, 0) is 23.9 Å². The number of hydroxylamine groups is 4. The molecule has 2 aliphatic heterocycles. The van der Waals surface area contributed by atoms with Crippen LogP contribution in [0.1, 0.15) is 145 Å². The van der Waals surface area contributed by atoms with Gasteiger partial charge in [0, 0.05) is 54.4 Å². The molecule has 0 bridgehead atoms. The molecule has 15 nitrogen and oxygen atoms in total. The van der Waals surface area contributed by atoms with Crippen LogP contribution < -0.4 is 20.4 Å². The molecule has 2 N–H and O–H groups in total. The third-order valence-corrected chi connectivity index (χ3v) is 12.5. The quantitative estimate of drug-likeness (QED) is 0.0987. The summed E-state index contributed by atoms with van der Waals surface area (Å²) in [6.07, 6.45) is 16.5. The average molecular weight is 814 g/mol. The van der Waals surface area contributed by atoms with Crippen molar-refractivity contribution in [3.8, 4) is 0 Å². The van der Waals surface area contributed by atoms with E-state index in [9.17, 15) is 9.59 Å². The van der Waals surface area contributed by atoms with Crippen LogP contribution in [0.4, 0.5) is 22.6 Å². The number of rotatable bonds is 16. The van der Waals surface area contributed by atoms with Gasteiger partial charge in [0.15, 0.2) is 0 Å². The Bertz CT molecular complexity index is 1410. The minimum Gasteiger partial charge on any atom is -0.461 e. The fourth-order valence-electron chi connectivity index (χ4n) is 9.98. The molecule has 0 radical (unpaired) electrons. The summed E-state index contributed by atoms with van der Waals surface area (Å²) in [7, 11) is 4.18. The average Bonchev–Trinajstić information content (AvgIpc) is 3.17. The zero-order valence-electron chi connectivity index (χ0n) is 37.4. The second-order valence-corrected chi connectivity index (χ2v) is 19.5. The second kappa shape index (κ2) is 19.4. The molecule has 1 amide bonds. The van der Waals surface area contributed by atoms with Crippen molar-refractivity contribution in [2.45, 2.75) is 192 Å². The molecule has 4 aliphatic rings. The van der Waals surface area contributed by atoms with Crippen LogP contribution in [-0.4, -0.2) is 124 Å². The topological polar surface area (TPSA) is 147 Å². The Morgan fingerprint density at radius 3 is 1.50 bits per heavy atom. The Kier molecular flexibility index (Phi) is 15.3. The largest absolute Gasteiger partial charge is 0.461 e. The molecule has 0 unspecified atom stereocenters. The van der Waals surface area contributed by atoms with Gasteiger partial charge < -0.3 is 29.9 Å². The molecule has 0 atom stereocenters. The molecule has 2 saturated heterocycles. The Balaban J connectivity index is 1.33. The lowest BCUT2D eigenvalue weighted by Gasteiger charge is -2.56. The van der Waals surface area contributed by atoms with Gasteiger partial charge in [-0.1, -0.05) is 45.1 Å². The van der Waals surface area contributed by atoms with Crippen molar-refractivity contribution in [3.63, 3.8) is 0 Å². The normalized spacial score (nSPS) is 23.1. The van der Waals surface area contributed by atoms with Crippen LogP contribution in [0.25, 0.3) is 0 Å². The number of piperidine rings is 2. The first-order valence-electron chi connectivity index (χ1n) is 21.9. The molecule has 1 aromatic rings. The lowest BCUT2D eigenvalue weighted by Crippen LogP contribution is -2.65. The van der Waals surface area contributed by atoms with E-state index in [2.05, 4.69) is 107 Å². The number of hydrogen-bond donors (Lipinski definition) is 2. The van der Waals surface area contributed by atoms with Crippen molar-refractivity contribution in [3.05, 3.63) is 12.7 Å².